The van der Waals surface area contributed by atoms with Crippen LogP contribution in [0.4, 0.5) is 0 Å². The van der Waals surface area contributed by atoms with Crippen molar-refractivity contribution in [3.63, 3.8) is 0 Å². The maximum atomic E-state index is 9.39. The van der Waals surface area contributed by atoms with Crippen LogP contribution in [-0.4, -0.2) is 5.11 Å². The molecule has 1 N–H and O–H groups in total. The van der Waals surface area contributed by atoms with Gasteiger partial charge < -0.3 is 5.11 Å². The molecule has 0 spiro atoms. The summed E-state index contributed by atoms with van der Waals surface area (Å²) >= 11 is 0. The number of allylic oxidation sites excluding steroid dienone is 2. The molecular formula is C9H16O. The van der Waals surface area contributed by atoms with Gasteiger partial charge in [-0.1, -0.05) is 13.8 Å². The van der Waals surface area contributed by atoms with Crippen molar-refractivity contribution in [2.24, 2.45) is 5.41 Å². The first-order valence-corrected chi connectivity index (χ1v) is 3.93. The lowest BCUT2D eigenvalue weighted by Crippen LogP contribution is -2.18. The van der Waals surface area contributed by atoms with Crippen LogP contribution in [0.2, 0.25) is 0 Å². The Morgan fingerprint density at radius 1 is 1.40 bits per heavy atom. The summed E-state index contributed by atoms with van der Waals surface area (Å²) in [5, 5.41) is 9.39. The van der Waals surface area contributed by atoms with E-state index in [1.165, 1.54) is 12.0 Å². The SMILES string of the molecule is CC1=C(O)CCCC1(C)C. The molecule has 0 unspecified atom stereocenters. The van der Waals surface area contributed by atoms with E-state index in [2.05, 4.69) is 13.8 Å². The highest BCUT2D eigenvalue weighted by Gasteiger charge is 2.26. The first kappa shape index (κ1) is 7.64. The van der Waals surface area contributed by atoms with Crippen LogP contribution >= 0.6 is 0 Å². The Hall–Kier alpha value is -0.460. The highest BCUT2D eigenvalue weighted by atomic mass is 16.3. The predicted molar refractivity (Wildman–Crippen MR) is 43.0 cm³/mol. The van der Waals surface area contributed by atoms with Crippen LogP contribution in [0.15, 0.2) is 11.3 Å². The Labute approximate surface area is 62.8 Å². The maximum Gasteiger partial charge on any atom is 0.0917 e. The summed E-state index contributed by atoms with van der Waals surface area (Å²) < 4.78 is 0. The van der Waals surface area contributed by atoms with Gasteiger partial charge >= 0.3 is 0 Å². The van der Waals surface area contributed by atoms with Gasteiger partial charge in [0.2, 0.25) is 0 Å². The second kappa shape index (κ2) is 2.30. The second-order valence-electron chi connectivity index (χ2n) is 3.81. The van der Waals surface area contributed by atoms with Gasteiger partial charge in [0.1, 0.15) is 0 Å². The molecular weight excluding hydrogens is 124 g/mol. The Bertz CT molecular complexity index is 166. The topological polar surface area (TPSA) is 20.2 Å². The molecule has 10 heavy (non-hydrogen) atoms. The summed E-state index contributed by atoms with van der Waals surface area (Å²) in [5.74, 6) is 0.622. The lowest BCUT2D eigenvalue weighted by Gasteiger charge is -2.30. The first-order chi connectivity index (χ1) is 4.54. The van der Waals surface area contributed by atoms with Crippen molar-refractivity contribution in [1.29, 1.82) is 0 Å². The third-order valence-electron chi connectivity index (χ3n) is 2.66. The number of aliphatic hydroxyl groups excluding tert-OH is 1. The molecule has 0 amide bonds. The van der Waals surface area contributed by atoms with E-state index in [-0.39, 0.29) is 5.41 Å². The molecule has 1 rings (SSSR count). The highest BCUT2D eigenvalue weighted by Crippen LogP contribution is 2.38. The van der Waals surface area contributed by atoms with Gasteiger partial charge in [-0.05, 0) is 30.8 Å². The van der Waals surface area contributed by atoms with E-state index < -0.39 is 0 Å². The fraction of sp³-hybridized carbons (Fsp3) is 0.778. The Kier molecular flexibility index (Phi) is 1.76. The van der Waals surface area contributed by atoms with Gasteiger partial charge in [0.15, 0.2) is 0 Å². The summed E-state index contributed by atoms with van der Waals surface area (Å²) in [6.07, 6.45) is 3.23. The highest BCUT2D eigenvalue weighted by molar-refractivity contribution is 5.16. The fourth-order valence-corrected chi connectivity index (χ4v) is 1.46. The van der Waals surface area contributed by atoms with Gasteiger partial charge in [-0.15, -0.1) is 0 Å². The van der Waals surface area contributed by atoms with Crippen molar-refractivity contribution in [1.82, 2.24) is 0 Å². The summed E-state index contributed by atoms with van der Waals surface area (Å²) in [5.41, 5.74) is 1.42. The van der Waals surface area contributed by atoms with E-state index in [4.69, 9.17) is 0 Å². The molecule has 0 aromatic heterocycles. The van der Waals surface area contributed by atoms with Crippen LogP contribution in [0.1, 0.15) is 40.0 Å². The van der Waals surface area contributed by atoms with E-state index in [1.807, 2.05) is 6.92 Å². The summed E-state index contributed by atoms with van der Waals surface area (Å²) in [6.45, 7) is 6.42. The lowest BCUT2D eigenvalue weighted by atomic mass is 9.76. The molecule has 0 atom stereocenters. The molecule has 0 aliphatic heterocycles. The molecule has 0 saturated carbocycles. The van der Waals surface area contributed by atoms with Gasteiger partial charge in [0.05, 0.1) is 5.76 Å². The van der Waals surface area contributed by atoms with Crippen molar-refractivity contribution < 1.29 is 5.11 Å². The first-order valence-electron chi connectivity index (χ1n) is 3.93. The van der Waals surface area contributed by atoms with Crippen LogP contribution in [-0.2, 0) is 0 Å². The van der Waals surface area contributed by atoms with Crippen LogP contribution in [0.3, 0.4) is 0 Å². The minimum atomic E-state index is 0.238. The zero-order valence-corrected chi connectivity index (χ0v) is 7.07. The van der Waals surface area contributed by atoms with E-state index in [0.29, 0.717) is 5.76 Å². The molecule has 0 radical (unpaired) electrons. The summed E-state index contributed by atoms with van der Waals surface area (Å²) in [4.78, 5) is 0. The van der Waals surface area contributed by atoms with Gasteiger partial charge in [-0.3, -0.25) is 0 Å². The molecule has 0 fully saturated rings. The molecule has 0 heterocycles. The van der Waals surface area contributed by atoms with Gasteiger partial charge in [0.25, 0.3) is 0 Å². The van der Waals surface area contributed by atoms with E-state index in [1.54, 1.807) is 0 Å². The van der Waals surface area contributed by atoms with Gasteiger partial charge in [-0.2, -0.15) is 0 Å². The minimum absolute atomic E-state index is 0.238. The predicted octanol–water partition coefficient (Wildman–Crippen LogP) is 3.03. The number of aliphatic hydroxyl groups is 1. The smallest absolute Gasteiger partial charge is 0.0917 e. The minimum Gasteiger partial charge on any atom is -0.512 e. The Balaban J connectivity index is 2.89. The van der Waals surface area contributed by atoms with Crippen molar-refractivity contribution in [2.75, 3.05) is 0 Å². The lowest BCUT2D eigenvalue weighted by molar-refractivity contribution is 0.285. The molecule has 0 aromatic rings. The quantitative estimate of drug-likeness (QED) is 0.548. The van der Waals surface area contributed by atoms with E-state index in [0.717, 1.165) is 12.8 Å². The van der Waals surface area contributed by atoms with Crippen molar-refractivity contribution in [2.45, 2.75) is 40.0 Å². The Morgan fingerprint density at radius 3 is 2.40 bits per heavy atom. The standard InChI is InChI=1S/C9H16O/c1-7-8(10)5-4-6-9(7,2)3/h10H,4-6H2,1-3H3. The zero-order chi connectivity index (χ0) is 7.78. The summed E-state index contributed by atoms with van der Waals surface area (Å²) in [7, 11) is 0. The van der Waals surface area contributed by atoms with Crippen LogP contribution in [0.5, 0.6) is 0 Å². The average molecular weight is 140 g/mol. The number of hydrogen-bond acceptors (Lipinski definition) is 1. The van der Waals surface area contributed by atoms with Crippen molar-refractivity contribution in [3.8, 4) is 0 Å². The monoisotopic (exact) mass is 140 g/mol. The molecule has 58 valence electrons. The third kappa shape index (κ3) is 1.18. The van der Waals surface area contributed by atoms with Crippen molar-refractivity contribution in [3.05, 3.63) is 11.3 Å². The fourth-order valence-electron chi connectivity index (χ4n) is 1.46. The number of hydrogen-bond donors (Lipinski definition) is 1. The number of rotatable bonds is 0. The average Bonchev–Trinajstić information content (AvgIpc) is 1.83. The van der Waals surface area contributed by atoms with Gasteiger partial charge in [-0.25, -0.2) is 0 Å². The molecule has 1 aliphatic rings. The maximum absolute atomic E-state index is 9.39. The molecule has 0 bridgehead atoms. The van der Waals surface area contributed by atoms with Crippen LogP contribution in [0, 0.1) is 5.41 Å². The summed E-state index contributed by atoms with van der Waals surface area (Å²) in [6, 6.07) is 0. The second-order valence-corrected chi connectivity index (χ2v) is 3.81. The largest absolute Gasteiger partial charge is 0.512 e. The van der Waals surface area contributed by atoms with Gasteiger partial charge in [0, 0.05) is 6.42 Å². The molecule has 1 heteroatoms. The zero-order valence-electron chi connectivity index (χ0n) is 7.07. The van der Waals surface area contributed by atoms with E-state index in [9.17, 15) is 5.11 Å². The third-order valence-corrected chi connectivity index (χ3v) is 2.66. The van der Waals surface area contributed by atoms with Crippen LogP contribution < -0.4 is 0 Å². The van der Waals surface area contributed by atoms with Crippen LogP contribution in [0.25, 0.3) is 0 Å². The molecule has 0 saturated heterocycles. The molecule has 1 aliphatic carbocycles. The van der Waals surface area contributed by atoms with Crippen molar-refractivity contribution >= 4 is 0 Å². The van der Waals surface area contributed by atoms with E-state index >= 15 is 0 Å². The molecule has 0 aromatic carbocycles. The molecule has 1 nitrogen and oxygen atoms in total. The Morgan fingerprint density at radius 2 is 2.00 bits per heavy atom. The normalized spacial score (nSPS) is 25.1.